The van der Waals surface area contributed by atoms with Crippen molar-refractivity contribution in [2.45, 2.75) is 11.8 Å². The summed E-state index contributed by atoms with van der Waals surface area (Å²) in [5.41, 5.74) is 3.04. The van der Waals surface area contributed by atoms with Crippen molar-refractivity contribution in [3.8, 4) is 5.75 Å². The Labute approximate surface area is 144 Å². The minimum atomic E-state index is -4.47. The number of hydrogen-bond donors (Lipinski definition) is 5. The van der Waals surface area contributed by atoms with Gasteiger partial charge in [0.2, 0.25) is 5.96 Å². The number of aromatic hydroxyl groups is 1. The highest BCUT2D eigenvalue weighted by molar-refractivity contribution is 7.86. The van der Waals surface area contributed by atoms with Gasteiger partial charge < -0.3 is 10.4 Å². The lowest BCUT2D eigenvalue weighted by molar-refractivity contribution is 0.234. The highest BCUT2D eigenvalue weighted by Gasteiger charge is 2.16. The van der Waals surface area contributed by atoms with Gasteiger partial charge in [-0.05, 0) is 42.3 Å². The van der Waals surface area contributed by atoms with E-state index in [1.54, 1.807) is 24.5 Å². The highest BCUT2D eigenvalue weighted by Crippen LogP contribution is 2.22. The van der Waals surface area contributed by atoms with Gasteiger partial charge in [-0.3, -0.25) is 9.76 Å². The first-order chi connectivity index (χ1) is 11.8. The number of rotatable bonds is 4. The Morgan fingerprint density at radius 1 is 1.20 bits per heavy atom. The highest BCUT2D eigenvalue weighted by atomic mass is 32.2. The normalized spacial score (nSPS) is 12.4. The minimum absolute atomic E-state index is 0.00959. The Morgan fingerprint density at radius 3 is 2.60 bits per heavy atom. The van der Waals surface area contributed by atoms with Crippen molar-refractivity contribution in [2.75, 3.05) is 5.32 Å². The second-order valence-electron chi connectivity index (χ2n) is 5.00. The van der Waals surface area contributed by atoms with Crippen molar-refractivity contribution in [1.29, 1.82) is 0 Å². The molecule has 10 heteroatoms. The summed E-state index contributed by atoms with van der Waals surface area (Å²) in [4.78, 5) is -0.377. The molecule has 9 nitrogen and oxygen atoms in total. The zero-order valence-electron chi connectivity index (χ0n) is 13.1. The predicted octanol–water partition coefficient (Wildman–Crippen LogP) is 1.73. The quantitative estimate of drug-likeness (QED) is 0.240. The zero-order valence-corrected chi connectivity index (χ0v) is 13.9. The van der Waals surface area contributed by atoms with Crippen molar-refractivity contribution in [1.82, 2.24) is 5.48 Å². The van der Waals surface area contributed by atoms with E-state index in [0.717, 1.165) is 5.56 Å². The molecule has 0 aliphatic carbocycles. The lowest BCUT2D eigenvalue weighted by atomic mass is 10.2. The molecule has 0 aliphatic rings. The van der Waals surface area contributed by atoms with E-state index >= 15 is 0 Å². The van der Waals surface area contributed by atoms with Crippen molar-refractivity contribution >= 4 is 28.0 Å². The largest absolute Gasteiger partial charge is 0.508 e. The van der Waals surface area contributed by atoms with Crippen molar-refractivity contribution in [3.63, 3.8) is 0 Å². The van der Waals surface area contributed by atoms with Crippen molar-refractivity contribution < 1.29 is 23.3 Å². The van der Waals surface area contributed by atoms with Gasteiger partial charge in [-0.2, -0.15) is 13.5 Å². The Balaban J connectivity index is 2.26. The van der Waals surface area contributed by atoms with E-state index in [9.17, 15) is 18.1 Å². The number of hydroxylamine groups is 1. The third-order valence-corrected chi connectivity index (χ3v) is 3.92. The summed E-state index contributed by atoms with van der Waals surface area (Å²) >= 11 is 0. The number of nitrogens with one attached hydrogen (secondary N) is 2. The average molecular weight is 364 g/mol. The van der Waals surface area contributed by atoms with Crippen LogP contribution in [-0.4, -0.2) is 35.5 Å². The molecule has 0 atom stereocenters. The molecule has 5 N–H and O–H groups in total. The van der Waals surface area contributed by atoms with Crippen LogP contribution in [0.3, 0.4) is 0 Å². The standard InChI is InChI=1S/C15H16N4O5S/c1-10-5-6-14(25(22,23)24)13(7-10)17-15(19-21)18-16-9-11-3-2-4-12(20)8-11/h2-9,20-21H,1H3,(H2,17,18,19)(H,22,23,24). The SMILES string of the molecule is Cc1ccc(S(=O)(=O)O)c(NC(=NN=Cc2cccc(O)c2)NO)c1. The molecule has 0 heterocycles. The number of guanidine groups is 1. The van der Waals surface area contributed by atoms with Crippen LogP contribution in [0, 0.1) is 6.92 Å². The fourth-order valence-electron chi connectivity index (χ4n) is 1.93. The zero-order chi connectivity index (χ0) is 18.4. The van der Waals surface area contributed by atoms with Crippen LogP contribution in [0.1, 0.15) is 11.1 Å². The lowest BCUT2D eigenvalue weighted by Crippen LogP contribution is -2.28. The number of phenols is 1. The van der Waals surface area contributed by atoms with E-state index < -0.39 is 10.1 Å². The fourth-order valence-corrected chi connectivity index (χ4v) is 2.56. The molecule has 2 aromatic rings. The van der Waals surface area contributed by atoms with Crippen LogP contribution in [0.5, 0.6) is 5.75 Å². The maximum atomic E-state index is 11.4. The van der Waals surface area contributed by atoms with Crippen LogP contribution in [-0.2, 0) is 10.1 Å². The van der Waals surface area contributed by atoms with E-state index in [4.69, 9.17) is 5.21 Å². The molecule has 0 fully saturated rings. The van der Waals surface area contributed by atoms with Crippen molar-refractivity contribution in [2.24, 2.45) is 10.2 Å². The first-order valence-corrected chi connectivity index (χ1v) is 8.39. The summed E-state index contributed by atoms with van der Waals surface area (Å²) in [5.74, 6) is -0.212. The van der Waals surface area contributed by atoms with Gasteiger partial charge in [0.15, 0.2) is 0 Å². The van der Waals surface area contributed by atoms with Gasteiger partial charge in [0.1, 0.15) is 10.6 Å². The van der Waals surface area contributed by atoms with Gasteiger partial charge in [-0.25, -0.2) is 5.48 Å². The molecule has 0 aromatic heterocycles. The summed E-state index contributed by atoms with van der Waals surface area (Å²) in [5, 5.41) is 28.4. The van der Waals surface area contributed by atoms with Gasteiger partial charge in [0.05, 0.1) is 11.9 Å². The molecule has 132 valence electrons. The Kier molecular flexibility index (Phi) is 5.70. The van der Waals surface area contributed by atoms with Gasteiger partial charge in [0, 0.05) is 0 Å². The van der Waals surface area contributed by atoms with Gasteiger partial charge in [-0.1, -0.05) is 18.2 Å². The van der Waals surface area contributed by atoms with Crippen LogP contribution in [0.15, 0.2) is 57.6 Å². The molecule has 2 rings (SSSR count). The molecule has 0 spiro atoms. The summed E-state index contributed by atoms with van der Waals surface area (Å²) < 4.78 is 32.1. The first-order valence-electron chi connectivity index (χ1n) is 6.95. The molecule has 0 unspecified atom stereocenters. The van der Waals surface area contributed by atoms with E-state index in [1.165, 1.54) is 36.5 Å². The molecule has 0 aliphatic heterocycles. The third kappa shape index (κ3) is 5.28. The molecular weight excluding hydrogens is 348 g/mol. The average Bonchev–Trinajstić information content (AvgIpc) is 2.53. The van der Waals surface area contributed by atoms with Crippen molar-refractivity contribution in [3.05, 3.63) is 53.6 Å². The number of anilines is 1. The van der Waals surface area contributed by atoms with Crippen LogP contribution in [0.4, 0.5) is 5.69 Å². The molecule has 0 bridgehead atoms. The second-order valence-corrected chi connectivity index (χ2v) is 6.39. The molecule has 2 aromatic carbocycles. The second kappa shape index (κ2) is 7.75. The number of hydrogen-bond acceptors (Lipinski definition) is 6. The van der Waals surface area contributed by atoms with Crippen LogP contribution >= 0.6 is 0 Å². The topological polar surface area (TPSA) is 144 Å². The first kappa shape index (κ1) is 18.4. The Morgan fingerprint density at radius 2 is 1.96 bits per heavy atom. The summed E-state index contributed by atoms with van der Waals surface area (Å²) in [6.45, 7) is 1.72. The predicted molar refractivity (Wildman–Crippen MR) is 92.7 cm³/mol. The van der Waals surface area contributed by atoms with E-state index in [0.29, 0.717) is 5.56 Å². The lowest BCUT2D eigenvalue weighted by Gasteiger charge is -2.11. The maximum absolute atomic E-state index is 11.4. The van der Waals surface area contributed by atoms with Crippen LogP contribution < -0.4 is 10.8 Å². The molecule has 0 saturated heterocycles. The van der Waals surface area contributed by atoms with E-state index in [1.807, 2.05) is 0 Å². The molecular formula is C15H16N4O5S. The third-order valence-electron chi connectivity index (χ3n) is 3.01. The minimum Gasteiger partial charge on any atom is -0.508 e. The smallest absolute Gasteiger partial charge is 0.296 e. The van der Waals surface area contributed by atoms with E-state index in [2.05, 4.69) is 15.5 Å². The summed E-state index contributed by atoms with van der Waals surface area (Å²) in [6, 6.07) is 10.4. The monoisotopic (exact) mass is 364 g/mol. The van der Waals surface area contributed by atoms with Crippen LogP contribution in [0.25, 0.3) is 0 Å². The van der Waals surface area contributed by atoms with Gasteiger partial charge >= 0.3 is 0 Å². The number of phenolic OH excluding ortho intramolecular Hbond substituents is 1. The fraction of sp³-hybridized carbons (Fsp3) is 0.0667. The Hall–Kier alpha value is -2.95. The van der Waals surface area contributed by atoms with Gasteiger partial charge in [-0.15, -0.1) is 5.10 Å². The molecule has 0 saturated carbocycles. The number of nitrogens with zero attached hydrogens (tertiary/aromatic N) is 2. The Bertz CT molecular complexity index is 925. The maximum Gasteiger partial charge on any atom is 0.296 e. The number of benzene rings is 2. The molecule has 25 heavy (non-hydrogen) atoms. The summed E-state index contributed by atoms with van der Waals surface area (Å²) in [6.07, 6.45) is 1.32. The van der Waals surface area contributed by atoms with Crippen LogP contribution in [0.2, 0.25) is 0 Å². The van der Waals surface area contributed by atoms with Gasteiger partial charge in [0.25, 0.3) is 10.1 Å². The van der Waals surface area contributed by atoms with E-state index in [-0.39, 0.29) is 22.3 Å². The summed E-state index contributed by atoms with van der Waals surface area (Å²) in [7, 11) is -4.47. The molecule has 0 amide bonds. The number of aryl methyl sites for hydroxylation is 1. The molecule has 0 radical (unpaired) electrons.